The number of carbonyl (C=O) groups is 1. The van der Waals surface area contributed by atoms with Crippen LogP contribution in [0.3, 0.4) is 0 Å². The lowest BCUT2D eigenvalue weighted by Gasteiger charge is -2.11. The number of pyridine rings is 2. The molecule has 3 aromatic rings. The summed E-state index contributed by atoms with van der Waals surface area (Å²) in [6.07, 6.45) is -3.03. The number of alkyl halides is 3. The molecule has 1 aromatic carbocycles. The summed E-state index contributed by atoms with van der Waals surface area (Å²) in [6.45, 7) is 1.89. The number of hydrogen-bond acceptors (Lipinski definition) is 3. The van der Waals surface area contributed by atoms with E-state index in [9.17, 15) is 18.0 Å². The smallest absolute Gasteiger partial charge is 0.307 e. The fraction of sp³-hybridized carbons (Fsp3) is 0.118. The molecule has 8 heteroatoms. The summed E-state index contributed by atoms with van der Waals surface area (Å²) >= 11 is 0. The van der Waals surface area contributed by atoms with Crippen LogP contribution in [-0.4, -0.2) is 16.0 Å². The molecule has 25 heavy (non-hydrogen) atoms. The lowest BCUT2D eigenvalue weighted by Crippen LogP contribution is -2.21. The van der Waals surface area contributed by atoms with Crippen molar-refractivity contribution in [2.75, 3.05) is 10.6 Å². The molecular formula is C17H13F3N4O. The van der Waals surface area contributed by atoms with E-state index in [0.717, 1.165) is 22.5 Å². The average molecular weight is 346 g/mol. The number of hydrogen-bond donors (Lipinski definition) is 2. The Morgan fingerprint density at radius 3 is 2.56 bits per heavy atom. The Labute approximate surface area is 140 Å². The number of nitrogens with one attached hydrogen (secondary N) is 2. The number of halogens is 3. The molecule has 0 saturated carbocycles. The zero-order chi connectivity index (χ0) is 18.0. The van der Waals surface area contributed by atoms with Gasteiger partial charge < -0.3 is 5.32 Å². The van der Waals surface area contributed by atoms with Crippen LogP contribution in [-0.2, 0) is 6.18 Å². The maximum atomic E-state index is 12.7. The molecule has 2 heterocycles. The van der Waals surface area contributed by atoms with Gasteiger partial charge in [0.15, 0.2) is 0 Å². The summed E-state index contributed by atoms with van der Waals surface area (Å²) in [5, 5.41) is 5.64. The molecule has 0 atom stereocenters. The molecule has 5 nitrogen and oxygen atoms in total. The minimum atomic E-state index is -4.58. The molecule has 128 valence electrons. The summed E-state index contributed by atoms with van der Waals surface area (Å²) in [7, 11) is 0. The van der Waals surface area contributed by atoms with E-state index < -0.39 is 17.9 Å². The second-order valence-corrected chi connectivity index (χ2v) is 5.31. The number of rotatable bonds is 2. The predicted octanol–water partition coefficient (Wildman–Crippen LogP) is 4.60. The third-order valence-electron chi connectivity index (χ3n) is 3.50. The number of nitrogens with zero attached hydrogens (tertiary/aromatic N) is 2. The van der Waals surface area contributed by atoms with Crippen LogP contribution in [0.5, 0.6) is 0 Å². The number of benzene rings is 1. The van der Waals surface area contributed by atoms with Crippen molar-refractivity contribution in [3.05, 3.63) is 59.9 Å². The van der Waals surface area contributed by atoms with Crippen LogP contribution in [0.1, 0.15) is 11.3 Å². The molecule has 0 spiro atoms. The largest absolute Gasteiger partial charge is 0.433 e. The van der Waals surface area contributed by atoms with E-state index in [-0.39, 0.29) is 5.82 Å². The Morgan fingerprint density at radius 2 is 1.80 bits per heavy atom. The Bertz CT molecular complexity index is 941. The first-order chi connectivity index (χ1) is 11.8. The summed E-state index contributed by atoms with van der Waals surface area (Å²) in [4.78, 5) is 19.8. The Morgan fingerprint density at radius 1 is 1.04 bits per heavy atom. The van der Waals surface area contributed by atoms with Gasteiger partial charge >= 0.3 is 12.2 Å². The van der Waals surface area contributed by atoms with Crippen LogP contribution >= 0.6 is 0 Å². The first-order valence-corrected chi connectivity index (χ1v) is 7.31. The normalized spacial score (nSPS) is 11.4. The third kappa shape index (κ3) is 3.68. The molecule has 0 saturated heterocycles. The van der Waals surface area contributed by atoms with Gasteiger partial charge in [-0.15, -0.1) is 0 Å². The van der Waals surface area contributed by atoms with E-state index in [1.54, 1.807) is 18.3 Å². The van der Waals surface area contributed by atoms with Crippen LogP contribution in [0.2, 0.25) is 0 Å². The maximum absolute atomic E-state index is 12.7. The van der Waals surface area contributed by atoms with E-state index in [1.807, 2.05) is 19.1 Å². The number of amides is 2. The number of aryl methyl sites for hydroxylation is 1. The quantitative estimate of drug-likeness (QED) is 0.712. The van der Waals surface area contributed by atoms with E-state index in [1.165, 1.54) is 12.1 Å². The number of para-hydroxylation sites is 1. The Kier molecular flexibility index (Phi) is 4.26. The molecule has 3 rings (SSSR count). The molecule has 0 bridgehead atoms. The number of anilines is 2. The van der Waals surface area contributed by atoms with E-state index in [0.29, 0.717) is 5.69 Å². The summed E-state index contributed by atoms with van der Waals surface area (Å²) in [5.41, 5.74) is 1.10. The summed E-state index contributed by atoms with van der Waals surface area (Å²) in [6, 6.07) is 9.74. The molecule has 2 aromatic heterocycles. The van der Waals surface area contributed by atoms with Gasteiger partial charge in [0.1, 0.15) is 11.5 Å². The standard InChI is InChI=1S/C17H13F3N4O/c1-10-4-2-5-11-12(8-9-21-15(10)11)22-16(25)24-14-7-3-6-13(23-14)17(18,19)20/h2-9H,1H3,(H2,21,22,23,24,25). The van der Waals surface area contributed by atoms with Crippen molar-refractivity contribution in [1.82, 2.24) is 9.97 Å². The molecule has 0 unspecified atom stereocenters. The van der Waals surface area contributed by atoms with Crippen molar-refractivity contribution in [1.29, 1.82) is 0 Å². The van der Waals surface area contributed by atoms with Crippen LogP contribution < -0.4 is 10.6 Å². The van der Waals surface area contributed by atoms with Gasteiger partial charge in [0.05, 0.1) is 11.2 Å². The number of urea groups is 1. The highest BCUT2D eigenvalue weighted by atomic mass is 19.4. The van der Waals surface area contributed by atoms with Gasteiger partial charge in [-0.2, -0.15) is 13.2 Å². The van der Waals surface area contributed by atoms with Crippen molar-refractivity contribution in [3.8, 4) is 0 Å². The van der Waals surface area contributed by atoms with Gasteiger partial charge in [-0.05, 0) is 30.7 Å². The van der Waals surface area contributed by atoms with Crippen LogP contribution in [0.25, 0.3) is 10.9 Å². The monoisotopic (exact) mass is 346 g/mol. The van der Waals surface area contributed by atoms with Crippen LogP contribution in [0.15, 0.2) is 48.7 Å². The Balaban J connectivity index is 1.81. The summed E-state index contributed by atoms with van der Waals surface area (Å²) < 4.78 is 38.0. The lowest BCUT2D eigenvalue weighted by molar-refractivity contribution is -0.141. The van der Waals surface area contributed by atoms with Crippen molar-refractivity contribution >= 4 is 28.4 Å². The van der Waals surface area contributed by atoms with Gasteiger partial charge in [-0.1, -0.05) is 24.3 Å². The minimum Gasteiger partial charge on any atom is -0.307 e. The number of carbonyl (C=O) groups excluding carboxylic acids is 1. The first kappa shape index (κ1) is 16.7. The highest BCUT2D eigenvalue weighted by Gasteiger charge is 2.32. The fourth-order valence-electron chi connectivity index (χ4n) is 2.36. The van der Waals surface area contributed by atoms with Crippen molar-refractivity contribution in [2.45, 2.75) is 13.1 Å². The third-order valence-corrected chi connectivity index (χ3v) is 3.50. The number of fused-ring (bicyclic) bond motifs is 1. The van der Waals surface area contributed by atoms with Gasteiger partial charge in [-0.25, -0.2) is 9.78 Å². The average Bonchev–Trinajstić information content (AvgIpc) is 2.55. The SMILES string of the molecule is Cc1cccc2c(NC(=O)Nc3cccc(C(F)(F)F)n3)ccnc12. The molecule has 0 aliphatic carbocycles. The molecule has 2 N–H and O–H groups in total. The second kappa shape index (κ2) is 6.39. The van der Waals surface area contributed by atoms with Gasteiger partial charge in [0.25, 0.3) is 0 Å². The predicted molar refractivity (Wildman–Crippen MR) is 88.4 cm³/mol. The fourth-order valence-corrected chi connectivity index (χ4v) is 2.36. The van der Waals surface area contributed by atoms with Gasteiger partial charge in [-0.3, -0.25) is 10.3 Å². The van der Waals surface area contributed by atoms with Crippen LogP contribution in [0.4, 0.5) is 29.5 Å². The highest BCUT2D eigenvalue weighted by Crippen LogP contribution is 2.28. The lowest BCUT2D eigenvalue weighted by atomic mass is 10.1. The molecule has 0 radical (unpaired) electrons. The molecule has 0 fully saturated rings. The zero-order valence-electron chi connectivity index (χ0n) is 13.1. The minimum absolute atomic E-state index is 0.193. The second-order valence-electron chi connectivity index (χ2n) is 5.31. The number of aromatic nitrogens is 2. The molecule has 0 aliphatic heterocycles. The summed E-state index contributed by atoms with van der Waals surface area (Å²) in [5.74, 6) is -0.193. The van der Waals surface area contributed by atoms with E-state index in [2.05, 4.69) is 20.6 Å². The zero-order valence-corrected chi connectivity index (χ0v) is 13.1. The first-order valence-electron chi connectivity index (χ1n) is 7.31. The molecular weight excluding hydrogens is 333 g/mol. The Hall–Kier alpha value is -3.16. The van der Waals surface area contributed by atoms with Gasteiger partial charge in [0.2, 0.25) is 0 Å². The topological polar surface area (TPSA) is 66.9 Å². The maximum Gasteiger partial charge on any atom is 0.433 e. The highest BCUT2D eigenvalue weighted by molar-refractivity contribution is 6.05. The van der Waals surface area contributed by atoms with Crippen molar-refractivity contribution in [2.24, 2.45) is 0 Å². The van der Waals surface area contributed by atoms with E-state index >= 15 is 0 Å². The van der Waals surface area contributed by atoms with Crippen molar-refractivity contribution < 1.29 is 18.0 Å². The van der Waals surface area contributed by atoms with Crippen LogP contribution in [0, 0.1) is 6.92 Å². The van der Waals surface area contributed by atoms with E-state index in [4.69, 9.17) is 0 Å². The molecule has 0 aliphatic rings. The van der Waals surface area contributed by atoms with Crippen molar-refractivity contribution in [3.63, 3.8) is 0 Å². The van der Waals surface area contributed by atoms with Gasteiger partial charge in [0, 0.05) is 11.6 Å². The molecule has 2 amide bonds.